The lowest BCUT2D eigenvalue weighted by atomic mass is 10.2. The number of aromatic nitrogens is 3. The van der Waals surface area contributed by atoms with Crippen LogP contribution in [0.1, 0.15) is 23.1 Å². The number of anilines is 2. The van der Waals surface area contributed by atoms with E-state index >= 15 is 0 Å². The maximum atomic E-state index is 13.1. The molecular formula is C28H36N8O3. The van der Waals surface area contributed by atoms with Crippen molar-refractivity contribution >= 4 is 23.6 Å². The molecule has 0 saturated carbocycles. The number of morpholine rings is 1. The van der Waals surface area contributed by atoms with Gasteiger partial charge in [0.05, 0.1) is 19.9 Å². The summed E-state index contributed by atoms with van der Waals surface area (Å²) in [5, 5.41) is 5.77. The van der Waals surface area contributed by atoms with E-state index in [2.05, 4.69) is 25.5 Å². The van der Waals surface area contributed by atoms with E-state index in [0.717, 1.165) is 24.5 Å². The van der Waals surface area contributed by atoms with Crippen molar-refractivity contribution in [2.24, 2.45) is 0 Å². The number of ether oxygens (including phenoxy) is 1. The topological polar surface area (TPSA) is 116 Å². The van der Waals surface area contributed by atoms with Crippen LogP contribution < -0.4 is 15.5 Å². The fourth-order valence-electron chi connectivity index (χ4n) is 3.94. The number of nitrogens with one attached hydrogen (secondary N) is 2. The van der Waals surface area contributed by atoms with Crippen LogP contribution in [-0.2, 0) is 11.2 Å². The highest BCUT2D eigenvalue weighted by molar-refractivity contribution is 5.94. The molecule has 1 saturated heterocycles. The van der Waals surface area contributed by atoms with E-state index in [9.17, 15) is 9.59 Å². The second-order valence-corrected chi connectivity index (χ2v) is 9.43. The number of aryl methyl sites for hydroxylation is 1. The Morgan fingerprint density at radius 2 is 1.67 bits per heavy atom. The number of likely N-dealkylation sites (N-methyl/N-ethyl adjacent to an activating group) is 1. The molecule has 0 radical (unpaired) electrons. The lowest BCUT2D eigenvalue weighted by Gasteiger charge is -2.27. The van der Waals surface area contributed by atoms with Gasteiger partial charge in [0, 0.05) is 49.4 Å². The van der Waals surface area contributed by atoms with Gasteiger partial charge in [-0.05, 0) is 50.5 Å². The number of nitrogens with zero attached hydrogens (tertiary/aromatic N) is 6. The van der Waals surface area contributed by atoms with Crippen molar-refractivity contribution in [1.82, 2.24) is 30.1 Å². The van der Waals surface area contributed by atoms with Crippen molar-refractivity contribution in [2.75, 3.05) is 70.4 Å². The predicted octanol–water partition coefficient (Wildman–Crippen LogP) is 2.72. The van der Waals surface area contributed by atoms with Gasteiger partial charge in [0.1, 0.15) is 5.82 Å². The van der Waals surface area contributed by atoms with Crippen LogP contribution in [0.4, 0.5) is 16.4 Å². The Hall–Kier alpha value is -4.09. The molecular weight excluding hydrogens is 496 g/mol. The Labute approximate surface area is 229 Å². The molecule has 2 aromatic carbocycles. The molecule has 3 amide bonds. The molecule has 11 heteroatoms. The van der Waals surface area contributed by atoms with Gasteiger partial charge in [-0.15, -0.1) is 0 Å². The third-order valence-electron chi connectivity index (χ3n) is 6.25. The minimum absolute atomic E-state index is 0.0838. The van der Waals surface area contributed by atoms with Crippen molar-refractivity contribution in [3.8, 4) is 11.4 Å². The predicted molar refractivity (Wildman–Crippen MR) is 151 cm³/mol. The van der Waals surface area contributed by atoms with Crippen molar-refractivity contribution in [2.45, 2.75) is 13.3 Å². The Kier molecular flexibility index (Phi) is 9.76. The molecule has 206 valence electrons. The Balaban J connectivity index is 1.43. The van der Waals surface area contributed by atoms with Gasteiger partial charge in [0.15, 0.2) is 5.82 Å². The monoisotopic (exact) mass is 532 g/mol. The van der Waals surface area contributed by atoms with E-state index in [-0.39, 0.29) is 18.6 Å². The van der Waals surface area contributed by atoms with Gasteiger partial charge in [0.2, 0.25) is 5.95 Å². The molecule has 0 unspecified atom stereocenters. The molecule has 0 aliphatic carbocycles. The first-order valence-corrected chi connectivity index (χ1v) is 13.1. The highest BCUT2D eigenvalue weighted by Crippen LogP contribution is 2.21. The van der Waals surface area contributed by atoms with E-state index in [1.165, 1.54) is 0 Å². The number of carbonyl (C=O) groups is 2. The van der Waals surface area contributed by atoms with Crippen LogP contribution in [-0.4, -0.2) is 96.8 Å². The Bertz CT molecular complexity index is 1230. The zero-order chi connectivity index (χ0) is 27.6. The summed E-state index contributed by atoms with van der Waals surface area (Å²) in [5.74, 6) is 1.75. The van der Waals surface area contributed by atoms with Crippen LogP contribution in [0, 0.1) is 0 Å². The summed E-state index contributed by atoms with van der Waals surface area (Å²) in [4.78, 5) is 45.2. The molecule has 1 aliphatic heterocycles. The highest BCUT2D eigenvalue weighted by Gasteiger charge is 2.18. The van der Waals surface area contributed by atoms with E-state index in [0.29, 0.717) is 55.7 Å². The number of urea groups is 1. The molecule has 1 fully saturated rings. The smallest absolute Gasteiger partial charge is 0.323 e. The average Bonchev–Trinajstić information content (AvgIpc) is 2.97. The lowest BCUT2D eigenvalue weighted by molar-refractivity contribution is 0.0931. The summed E-state index contributed by atoms with van der Waals surface area (Å²) < 4.78 is 5.45. The molecule has 0 atom stereocenters. The molecule has 2 N–H and O–H groups in total. The first kappa shape index (κ1) is 27.9. The number of benzene rings is 2. The number of rotatable bonds is 10. The van der Waals surface area contributed by atoms with E-state index in [1.807, 2.05) is 56.3 Å². The first-order chi connectivity index (χ1) is 18.9. The molecule has 11 nitrogen and oxygen atoms in total. The van der Waals surface area contributed by atoms with Crippen LogP contribution in [0.3, 0.4) is 0 Å². The Morgan fingerprint density at radius 3 is 2.33 bits per heavy atom. The third-order valence-corrected chi connectivity index (χ3v) is 6.25. The molecule has 2 heterocycles. The quantitative estimate of drug-likeness (QED) is 0.383. The van der Waals surface area contributed by atoms with Gasteiger partial charge in [-0.2, -0.15) is 9.97 Å². The molecule has 4 rings (SSSR count). The van der Waals surface area contributed by atoms with Crippen LogP contribution >= 0.6 is 0 Å². The first-order valence-electron chi connectivity index (χ1n) is 13.1. The molecule has 1 aromatic heterocycles. The third kappa shape index (κ3) is 7.95. The lowest BCUT2D eigenvalue weighted by Crippen LogP contribution is -2.46. The summed E-state index contributed by atoms with van der Waals surface area (Å²) in [6.07, 6.45) is 0.699. The minimum atomic E-state index is -0.305. The fraction of sp³-hybridized carbons (Fsp3) is 0.393. The van der Waals surface area contributed by atoms with Crippen molar-refractivity contribution in [1.29, 1.82) is 0 Å². The van der Waals surface area contributed by atoms with E-state index in [4.69, 9.17) is 9.72 Å². The average molecular weight is 533 g/mol. The number of hydrogen-bond donors (Lipinski definition) is 2. The number of hydrogen-bond acceptors (Lipinski definition) is 8. The Morgan fingerprint density at radius 1 is 0.949 bits per heavy atom. The van der Waals surface area contributed by atoms with Crippen LogP contribution in [0.5, 0.6) is 0 Å². The number of carbonyl (C=O) groups excluding carboxylic acids is 2. The van der Waals surface area contributed by atoms with Gasteiger partial charge in [-0.25, -0.2) is 9.78 Å². The van der Waals surface area contributed by atoms with Gasteiger partial charge < -0.3 is 30.1 Å². The summed E-state index contributed by atoms with van der Waals surface area (Å²) in [5.41, 5.74) is 2.01. The zero-order valence-corrected chi connectivity index (χ0v) is 22.8. The molecule has 1 aliphatic rings. The van der Waals surface area contributed by atoms with Crippen LogP contribution in [0.15, 0.2) is 54.6 Å². The van der Waals surface area contributed by atoms with Gasteiger partial charge in [0.25, 0.3) is 5.91 Å². The molecule has 0 spiro atoms. The summed E-state index contributed by atoms with van der Waals surface area (Å²) >= 11 is 0. The minimum Gasteiger partial charge on any atom is -0.378 e. The molecule has 3 aromatic rings. The van der Waals surface area contributed by atoms with Crippen LogP contribution in [0.25, 0.3) is 11.4 Å². The van der Waals surface area contributed by atoms with Gasteiger partial charge >= 0.3 is 6.03 Å². The maximum Gasteiger partial charge on any atom is 0.323 e. The largest absolute Gasteiger partial charge is 0.378 e. The maximum absolute atomic E-state index is 13.1. The van der Waals surface area contributed by atoms with E-state index in [1.54, 1.807) is 29.2 Å². The second kappa shape index (κ2) is 13.6. The summed E-state index contributed by atoms with van der Waals surface area (Å²) in [6, 6.07) is 16.0. The normalized spacial score (nSPS) is 13.3. The fourth-order valence-corrected chi connectivity index (χ4v) is 3.94. The summed E-state index contributed by atoms with van der Waals surface area (Å²) in [7, 11) is 3.87. The SMILES string of the molecule is CCc1nc(-c2ccc(NC(=O)N(CCN(C)C)CNC(=O)c3ccccc3)cc2)nc(N2CCOCC2)n1. The van der Waals surface area contributed by atoms with Gasteiger partial charge in [-0.1, -0.05) is 25.1 Å². The zero-order valence-electron chi connectivity index (χ0n) is 22.8. The van der Waals surface area contributed by atoms with Crippen molar-refractivity contribution in [3.05, 3.63) is 66.0 Å². The molecule has 0 bridgehead atoms. The van der Waals surface area contributed by atoms with E-state index < -0.39 is 0 Å². The van der Waals surface area contributed by atoms with Gasteiger partial charge in [-0.3, -0.25) is 4.79 Å². The highest BCUT2D eigenvalue weighted by atomic mass is 16.5. The van der Waals surface area contributed by atoms with Crippen molar-refractivity contribution < 1.29 is 14.3 Å². The molecule has 39 heavy (non-hydrogen) atoms. The number of amides is 3. The summed E-state index contributed by atoms with van der Waals surface area (Å²) in [6.45, 7) is 5.99. The standard InChI is InChI=1S/C28H36N8O3/c1-4-24-31-25(33-27(32-24)35-16-18-39-19-17-35)21-10-12-23(13-11-21)30-28(38)36(15-14-34(2)3)20-29-26(37)22-8-6-5-7-9-22/h5-13H,4,14-20H2,1-3H3,(H,29,37)(H,30,38). The van der Waals surface area contributed by atoms with Crippen molar-refractivity contribution in [3.63, 3.8) is 0 Å². The van der Waals surface area contributed by atoms with Crippen LogP contribution in [0.2, 0.25) is 0 Å². The second-order valence-electron chi connectivity index (χ2n) is 9.43.